The molecule has 0 aromatic heterocycles. The number of hydrogen-bond acceptors (Lipinski definition) is 9. The number of hydrogen-bond donors (Lipinski definition) is 2. The average molecular weight is 1110 g/mol. The summed E-state index contributed by atoms with van der Waals surface area (Å²) in [5.74, 6) is -11.5. The molecule has 0 saturated carbocycles. The Kier molecular flexibility index (Phi) is 18.1. The van der Waals surface area contributed by atoms with Gasteiger partial charge < -0.3 is 14.6 Å². The van der Waals surface area contributed by atoms with Crippen LogP contribution in [0, 0.1) is 29.2 Å². The number of thioether (sulfide) groups is 1. The zero-order valence-corrected chi connectivity index (χ0v) is 46.4. The fourth-order valence-electron chi connectivity index (χ4n) is 9.67. The van der Waals surface area contributed by atoms with Crippen LogP contribution in [-0.2, 0) is 40.8 Å². The summed E-state index contributed by atoms with van der Waals surface area (Å²) < 4.78 is 133. The van der Waals surface area contributed by atoms with Crippen LogP contribution in [0.1, 0.15) is 142 Å². The summed E-state index contributed by atoms with van der Waals surface area (Å²) >= 11 is 0.135. The van der Waals surface area contributed by atoms with Crippen LogP contribution in [0.3, 0.4) is 0 Å². The molecular formula is C60H61F4NO9S3. The van der Waals surface area contributed by atoms with Gasteiger partial charge in [0.15, 0.2) is 28.2 Å². The van der Waals surface area contributed by atoms with Crippen molar-refractivity contribution < 1.29 is 58.6 Å². The predicted molar refractivity (Wildman–Crippen MR) is 292 cm³/mol. The lowest BCUT2D eigenvalue weighted by Crippen LogP contribution is -2.33. The van der Waals surface area contributed by atoms with E-state index in [9.17, 15) is 26.4 Å². The van der Waals surface area contributed by atoms with E-state index in [4.69, 9.17) is 14.6 Å². The third kappa shape index (κ3) is 12.6. The number of carboxylic acids is 1. The third-order valence-electron chi connectivity index (χ3n) is 13.3. The fraction of sp³-hybridized carbons (Fsp3) is 0.300. The predicted octanol–water partition coefficient (Wildman–Crippen LogP) is 12.5. The molecule has 17 heteroatoms. The van der Waals surface area contributed by atoms with E-state index in [0.29, 0.717) is 34.3 Å². The molecule has 6 aromatic rings. The Morgan fingerprint density at radius 1 is 0.701 bits per heavy atom. The number of carbonyl (C=O) groups is 2. The normalized spacial score (nSPS) is 13.2. The Morgan fingerprint density at radius 2 is 1.29 bits per heavy atom. The number of ether oxygens (including phenoxy) is 2. The van der Waals surface area contributed by atoms with E-state index in [1.165, 1.54) is 45.1 Å². The minimum Gasteiger partial charge on any atom is -0.481 e. The van der Waals surface area contributed by atoms with Crippen molar-refractivity contribution in [3.63, 3.8) is 0 Å². The summed E-state index contributed by atoms with van der Waals surface area (Å²) in [5, 5.41) is 10.3. The van der Waals surface area contributed by atoms with Gasteiger partial charge in [-0.05, 0) is 111 Å². The second-order valence-electron chi connectivity index (χ2n) is 20.1. The van der Waals surface area contributed by atoms with Gasteiger partial charge >= 0.3 is 11.9 Å². The minimum absolute atomic E-state index is 0.0329. The number of carbonyl (C=O) groups excluding carboxylic acids is 1. The molecule has 7 rings (SSSR count). The molecule has 0 saturated heterocycles. The van der Waals surface area contributed by atoms with Crippen LogP contribution in [0.15, 0.2) is 124 Å². The standard InChI is InChI=1S/C60H61F4NO9S3/c1-10-15-39(32-52(66)67)60(68)73-26-27-75-58-54(61)56(63)59(57(64)55(58)62)77(71,72)65-76(69,70)51-21-12-11-16-46(51)53-44-24-22-37(28-47-40(33(2)3)17-13-18-41(47)34(4)5)30-49(44)74-50-31-38(23-25-45(50)53)29-48-42(35(6)7)19-14-20-43(48)36(8)9/h10-14,16-25,28,30-31,33-36,39,65H,1,15,26-27,29,32H2,2-9H3,(H,66,67)/b37-28+. The molecule has 1 unspecified atom stereocenters. The number of benzene rings is 6. The summed E-state index contributed by atoms with van der Waals surface area (Å²) in [7, 11) is -11.4. The number of halogens is 4. The van der Waals surface area contributed by atoms with Gasteiger partial charge in [-0.1, -0.05) is 134 Å². The molecule has 1 aliphatic rings. The lowest BCUT2D eigenvalue weighted by molar-refractivity contribution is -0.152. The molecule has 0 aliphatic carbocycles. The van der Waals surface area contributed by atoms with Gasteiger partial charge in [-0.25, -0.2) is 34.4 Å². The molecule has 77 heavy (non-hydrogen) atoms. The number of allylic oxidation sites excluding steroid dienone is 1. The number of esters is 1. The highest BCUT2D eigenvalue weighted by atomic mass is 32.3. The van der Waals surface area contributed by atoms with E-state index in [1.807, 2.05) is 30.3 Å². The van der Waals surface area contributed by atoms with Gasteiger partial charge in [-0.15, -0.1) is 22.5 Å². The number of nitrogens with one attached hydrogen (secondary N) is 1. The van der Waals surface area contributed by atoms with E-state index >= 15 is 17.6 Å². The zero-order valence-electron chi connectivity index (χ0n) is 44.0. The smallest absolute Gasteiger partial charge is 0.309 e. The Labute approximate surface area is 452 Å². The molecule has 406 valence electrons. The Morgan fingerprint density at radius 3 is 1.86 bits per heavy atom. The van der Waals surface area contributed by atoms with E-state index < -0.39 is 94.6 Å². The molecule has 0 radical (unpaired) electrons. The molecule has 2 N–H and O–H groups in total. The van der Waals surface area contributed by atoms with Gasteiger partial charge in [-0.3, -0.25) is 9.59 Å². The van der Waals surface area contributed by atoms with Gasteiger partial charge in [0.05, 0.1) is 22.1 Å². The number of aliphatic carboxylic acids is 1. The highest BCUT2D eigenvalue weighted by Crippen LogP contribution is 2.41. The second kappa shape index (κ2) is 24.0. The minimum atomic E-state index is -5.97. The Hall–Kier alpha value is -6.53. The largest absolute Gasteiger partial charge is 0.481 e. The van der Waals surface area contributed by atoms with Crippen LogP contribution < -0.4 is 19.3 Å². The third-order valence-corrected chi connectivity index (χ3v) is 17.9. The highest BCUT2D eigenvalue weighted by molar-refractivity contribution is 8.04. The maximum Gasteiger partial charge on any atom is 0.309 e. The summed E-state index contributed by atoms with van der Waals surface area (Å²) in [5.41, 5.74) is 8.53. The van der Waals surface area contributed by atoms with Gasteiger partial charge in [0.2, 0.25) is 0 Å². The lowest BCUT2D eigenvalue weighted by Gasteiger charge is -2.24. The van der Waals surface area contributed by atoms with Gasteiger partial charge in [0.1, 0.15) is 18.1 Å². The highest BCUT2D eigenvalue weighted by Gasteiger charge is 2.38. The maximum absolute atomic E-state index is 15.8. The van der Waals surface area contributed by atoms with Crippen LogP contribution in [0.25, 0.3) is 11.6 Å². The summed E-state index contributed by atoms with van der Waals surface area (Å²) in [6.45, 7) is 19.9. The first-order valence-corrected chi connectivity index (χ1v) is 29.1. The molecule has 0 fully saturated rings. The van der Waals surface area contributed by atoms with Crippen LogP contribution >= 0.6 is 11.8 Å². The first kappa shape index (κ1) is 58.2. The number of carboxylic acid groups (broad SMARTS) is 1. The van der Waals surface area contributed by atoms with E-state index in [-0.39, 0.29) is 47.4 Å². The van der Waals surface area contributed by atoms with Crippen molar-refractivity contribution in [1.29, 1.82) is 0 Å². The molecule has 0 bridgehead atoms. The van der Waals surface area contributed by atoms with Crippen LogP contribution in [0.5, 0.6) is 11.5 Å². The van der Waals surface area contributed by atoms with Crippen molar-refractivity contribution in [2.24, 2.45) is 5.92 Å². The zero-order chi connectivity index (χ0) is 56.3. The molecule has 1 heterocycles. The van der Waals surface area contributed by atoms with Crippen LogP contribution in [0.2, 0.25) is 0 Å². The molecule has 1 aliphatic heterocycles. The molecule has 1 atom stereocenters. The SMILES string of the molecule is C=CCC(CC(=O)O)C(=O)OCCSc1c(F)c(F)c(S(=O)(=O)NS(=O)(=O)c2ccccc2C2=c3cc/c(=C\c4c(C(C)C)cccc4C(C)C)cc3Oc3cc(Cc4c(C(C)C)cccc4C(C)C)ccc32)c(F)c1F. The van der Waals surface area contributed by atoms with Gasteiger partial charge in [0.25, 0.3) is 20.0 Å². The Bertz CT molecular complexity index is 3570. The first-order chi connectivity index (χ1) is 36.4. The second-order valence-corrected chi connectivity index (χ2v) is 24.7. The molecule has 6 aromatic carbocycles. The van der Waals surface area contributed by atoms with E-state index in [0.717, 1.165) is 33.5 Å². The van der Waals surface area contributed by atoms with E-state index in [1.54, 1.807) is 12.1 Å². The summed E-state index contributed by atoms with van der Waals surface area (Å²) in [6, 6.07) is 29.0. The molecule has 10 nitrogen and oxygen atoms in total. The van der Waals surface area contributed by atoms with Crippen LogP contribution in [0.4, 0.5) is 17.6 Å². The average Bonchev–Trinajstić information content (AvgIpc) is 3.40. The van der Waals surface area contributed by atoms with Crippen molar-refractivity contribution in [3.8, 4) is 11.5 Å². The fourth-order valence-corrected chi connectivity index (χ4v) is 13.7. The summed E-state index contributed by atoms with van der Waals surface area (Å²) in [6.07, 6.45) is 3.28. The topological polar surface area (TPSA) is 153 Å². The number of sulfonamides is 2. The van der Waals surface area contributed by atoms with Crippen molar-refractivity contribution >= 4 is 55.4 Å². The van der Waals surface area contributed by atoms with Crippen molar-refractivity contribution in [1.82, 2.24) is 4.13 Å². The Balaban J connectivity index is 1.32. The molecular weight excluding hydrogens is 1050 g/mol. The monoisotopic (exact) mass is 1110 g/mol. The molecule has 0 spiro atoms. The van der Waals surface area contributed by atoms with Crippen molar-refractivity contribution in [2.75, 3.05) is 12.4 Å². The van der Waals surface area contributed by atoms with Crippen LogP contribution in [-0.4, -0.2) is 46.2 Å². The van der Waals surface area contributed by atoms with Gasteiger partial charge in [0, 0.05) is 27.7 Å². The number of rotatable bonds is 21. The number of fused-ring (bicyclic) bond motifs is 2. The molecule has 0 amide bonds. The van der Waals surface area contributed by atoms with Crippen molar-refractivity contribution in [2.45, 2.75) is 113 Å². The summed E-state index contributed by atoms with van der Waals surface area (Å²) in [4.78, 5) is 19.4. The van der Waals surface area contributed by atoms with Crippen molar-refractivity contribution in [3.05, 3.63) is 193 Å². The quantitative estimate of drug-likeness (QED) is 0.0178. The lowest BCUT2D eigenvalue weighted by atomic mass is 9.85. The van der Waals surface area contributed by atoms with Gasteiger partial charge in [-0.2, -0.15) is 0 Å². The maximum atomic E-state index is 15.8. The van der Waals surface area contributed by atoms with E-state index in [2.05, 4.69) is 98.4 Å². The first-order valence-electron chi connectivity index (χ1n) is 25.1.